The second-order valence-corrected chi connectivity index (χ2v) is 7.38. The quantitative estimate of drug-likeness (QED) is 0.638. The summed E-state index contributed by atoms with van der Waals surface area (Å²) in [6.45, 7) is 1.73. The van der Waals surface area contributed by atoms with Crippen molar-refractivity contribution in [1.82, 2.24) is 4.90 Å². The maximum atomic E-state index is 13.8. The molecule has 1 aliphatic rings. The molecule has 2 aromatic carbocycles. The number of hydrogen-bond donors (Lipinski definition) is 1. The first-order chi connectivity index (χ1) is 12.4. The van der Waals surface area contributed by atoms with Gasteiger partial charge in [0.15, 0.2) is 0 Å². The number of aryl methyl sites for hydroxylation is 1. The fourth-order valence-corrected chi connectivity index (χ4v) is 3.68. The highest BCUT2D eigenvalue weighted by atomic mass is 32.2. The van der Waals surface area contributed by atoms with Crippen LogP contribution in [0.4, 0.5) is 10.1 Å². The molecular formula is C19H15FN2O2S2. The van der Waals surface area contributed by atoms with Gasteiger partial charge in [0.2, 0.25) is 5.91 Å². The Hall–Kier alpha value is -2.51. The van der Waals surface area contributed by atoms with Crippen LogP contribution in [0.5, 0.6) is 0 Å². The van der Waals surface area contributed by atoms with Crippen molar-refractivity contribution in [3.63, 3.8) is 0 Å². The second-order valence-electron chi connectivity index (χ2n) is 5.71. The van der Waals surface area contributed by atoms with Gasteiger partial charge in [-0.1, -0.05) is 54.3 Å². The van der Waals surface area contributed by atoms with Gasteiger partial charge in [-0.3, -0.25) is 14.5 Å². The number of thioether (sulfide) groups is 1. The number of nitrogens with one attached hydrogen (secondary N) is 1. The Kier molecular flexibility index (Phi) is 5.49. The van der Waals surface area contributed by atoms with Crippen LogP contribution in [-0.2, 0) is 9.59 Å². The summed E-state index contributed by atoms with van der Waals surface area (Å²) >= 11 is 6.26. The molecule has 26 heavy (non-hydrogen) atoms. The minimum Gasteiger partial charge on any atom is -0.325 e. The van der Waals surface area contributed by atoms with E-state index in [1.54, 1.807) is 24.3 Å². The molecular weight excluding hydrogens is 371 g/mol. The molecule has 1 saturated heterocycles. The summed E-state index contributed by atoms with van der Waals surface area (Å²) in [7, 11) is 0. The topological polar surface area (TPSA) is 49.4 Å². The molecule has 132 valence electrons. The highest BCUT2D eigenvalue weighted by molar-refractivity contribution is 8.26. The minimum absolute atomic E-state index is 0.187. The van der Waals surface area contributed by atoms with E-state index < -0.39 is 11.7 Å². The highest BCUT2D eigenvalue weighted by Crippen LogP contribution is 2.32. The lowest BCUT2D eigenvalue weighted by Crippen LogP contribution is -2.36. The van der Waals surface area contributed by atoms with Gasteiger partial charge < -0.3 is 5.32 Å². The molecule has 1 fully saturated rings. The third-order valence-electron chi connectivity index (χ3n) is 3.67. The molecule has 1 N–H and O–H groups in total. The fraction of sp³-hybridized carbons (Fsp3) is 0.105. The van der Waals surface area contributed by atoms with Gasteiger partial charge in [-0.15, -0.1) is 0 Å². The van der Waals surface area contributed by atoms with Gasteiger partial charge in [0.05, 0.1) is 4.91 Å². The van der Waals surface area contributed by atoms with Gasteiger partial charge in [0, 0.05) is 11.3 Å². The number of halogens is 1. The van der Waals surface area contributed by atoms with Crippen LogP contribution in [0.2, 0.25) is 0 Å². The monoisotopic (exact) mass is 386 g/mol. The molecule has 0 unspecified atom stereocenters. The molecule has 7 heteroatoms. The lowest BCUT2D eigenvalue weighted by Gasteiger charge is -2.14. The van der Waals surface area contributed by atoms with Crippen molar-refractivity contribution in [2.75, 3.05) is 11.9 Å². The van der Waals surface area contributed by atoms with Crippen LogP contribution < -0.4 is 5.32 Å². The third-order valence-corrected chi connectivity index (χ3v) is 5.05. The Morgan fingerprint density at radius 1 is 1.27 bits per heavy atom. The molecule has 2 amide bonds. The van der Waals surface area contributed by atoms with E-state index in [9.17, 15) is 14.0 Å². The Morgan fingerprint density at radius 2 is 2.04 bits per heavy atom. The van der Waals surface area contributed by atoms with Crippen LogP contribution in [0, 0.1) is 12.7 Å². The maximum Gasteiger partial charge on any atom is 0.266 e. The molecule has 0 spiro atoms. The molecule has 1 heterocycles. The molecule has 3 rings (SSSR count). The first-order valence-electron chi connectivity index (χ1n) is 7.80. The smallest absolute Gasteiger partial charge is 0.266 e. The number of anilines is 1. The number of carbonyl (C=O) groups is 2. The Bertz CT molecular complexity index is 927. The molecule has 1 aliphatic heterocycles. The lowest BCUT2D eigenvalue weighted by atomic mass is 10.2. The zero-order chi connectivity index (χ0) is 18.7. The number of carbonyl (C=O) groups excluding carboxylic acids is 2. The number of amides is 2. The van der Waals surface area contributed by atoms with Crippen LogP contribution in [0.15, 0.2) is 53.4 Å². The third kappa shape index (κ3) is 4.17. The first kappa shape index (κ1) is 18.3. The number of rotatable bonds is 4. The summed E-state index contributed by atoms with van der Waals surface area (Å²) in [4.78, 5) is 26.3. The van der Waals surface area contributed by atoms with Crippen LogP contribution in [0.25, 0.3) is 6.08 Å². The predicted octanol–water partition coefficient (Wildman–Crippen LogP) is 3.97. The maximum absolute atomic E-state index is 13.8. The molecule has 0 saturated carbocycles. The summed E-state index contributed by atoms with van der Waals surface area (Å²) in [6.07, 6.45) is 1.45. The SMILES string of the molecule is Cc1cccc(NC(=O)CN2C(=O)/C(=C/c3ccccc3F)SC2=S)c1. The number of benzene rings is 2. The zero-order valence-electron chi connectivity index (χ0n) is 13.9. The van der Waals surface area contributed by atoms with Crippen molar-refractivity contribution in [1.29, 1.82) is 0 Å². The van der Waals surface area contributed by atoms with Gasteiger partial charge in [-0.2, -0.15) is 0 Å². The summed E-state index contributed by atoms with van der Waals surface area (Å²) in [5.41, 5.74) is 1.97. The molecule has 2 aromatic rings. The summed E-state index contributed by atoms with van der Waals surface area (Å²) in [6, 6.07) is 13.5. The Morgan fingerprint density at radius 3 is 2.77 bits per heavy atom. The van der Waals surface area contributed by atoms with E-state index in [0.29, 0.717) is 16.2 Å². The van der Waals surface area contributed by atoms with Crippen molar-refractivity contribution in [2.24, 2.45) is 0 Å². The predicted molar refractivity (Wildman–Crippen MR) is 106 cm³/mol. The highest BCUT2D eigenvalue weighted by Gasteiger charge is 2.33. The summed E-state index contributed by atoms with van der Waals surface area (Å²) in [5.74, 6) is -1.17. The first-order valence-corrected chi connectivity index (χ1v) is 9.03. The van der Waals surface area contributed by atoms with Crippen molar-refractivity contribution in [3.8, 4) is 0 Å². The van der Waals surface area contributed by atoms with Gasteiger partial charge in [-0.05, 0) is 36.8 Å². The standard InChI is InChI=1S/C19H15FN2O2S2/c1-12-5-4-7-14(9-12)21-17(23)11-22-18(24)16(26-19(22)25)10-13-6-2-3-8-15(13)20/h2-10H,11H2,1H3,(H,21,23)/b16-10-. The number of hydrogen-bond acceptors (Lipinski definition) is 4. The molecule has 4 nitrogen and oxygen atoms in total. The van der Waals surface area contributed by atoms with Crippen molar-refractivity contribution >= 4 is 51.9 Å². The molecule has 0 radical (unpaired) electrons. The average Bonchev–Trinajstić information content (AvgIpc) is 2.84. The van der Waals surface area contributed by atoms with Gasteiger partial charge in [-0.25, -0.2) is 4.39 Å². The van der Waals surface area contributed by atoms with E-state index in [2.05, 4.69) is 5.32 Å². The van der Waals surface area contributed by atoms with E-state index in [0.717, 1.165) is 17.3 Å². The fourth-order valence-electron chi connectivity index (χ4n) is 2.44. The number of nitrogens with zero attached hydrogens (tertiary/aromatic N) is 1. The van der Waals surface area contributed by atoms with E-state index in [1.807, 2.05) is 25.1 Å². The van der Waals surface area contributed by atoms with Gasteiger partial charge >= 0.3 is 0 Å². The minimum atomic E-state index is -0.421. The average molecular weight is 386 g/mol. The van der Waals surface area contributed by atoms with Crippen LogP contribution in [0.3, 0.4) is 0 Å². The van der Waals surface area contributed by atoms with E-state index in [4.69, 9.17) is 12.2 Å². The normalized spacial score (nSPS) is 15.6. The van der Waals surface area contributed by atoms with Gasteiger partial charge in [0.1, 0.15) is 16.7 Å². The number of thiocarbonyl (C=S) groups is 1. The van der Waals surface area contributed by atoms with E-state index >= 15 is 0 Å². The summed E-state index contributed by atoms with van der Waals surface area (Å²) in [5, 5.41) is 2.74. The molecule has 0 atom stereocenters. The Labute approximate surface area is 160 Å². The molecule has 0 aliphatic carbocycles. The second kappa shape index (κ2) is 7.80. The lowest BCUT2D eigenvalue weighted by molar-refractivity contribution is -0.126. The molecule has 0 bridgehead atoms. The van der Waals surface area contributed by atoms with Crippen LogP contribution in [0.1, 0.15) is 11.1 Å². The largest absolute Gasteiger partial charge is 0.325 e. The van der Waals surface area contributed by atoms with Crippen molar-refractivity contribution in [2.45, 2.75) is 6.92 Å². The zero-order valence-corrected chi connectivity index (χ0v) is 15.5. The summed E-state index contributed by atoms with van der Waals surface area (Å²) < 4.78 is 14.0. The Balaban J connectivity index is 1.71. The van der Waals surface area contributed by atoms with Crippen molar-refractivity contribution < 1.29 is 14.0 Å². The van der Waals surface area contributed by atoms with Gasteiger partial charge in [0.25, 0.3) is 5.91 Å². The van der Waals surface area contributed by atoms with E-state index in [1.165, 1.54) is 17.0 Å². The van der Waals surface area contributed by atoms with Crippen LogP contribution >= 0.6 is 24.0 Å². The van der Waals surface area contributed by atoms with Crippen molar-refractivity contribution in [3.05, 3.63) is 70.4 Å². The van der Waals surface area contributed by atoms with E-state index in [-0.39, 0.29) is 16.8 Å². The van der Waals surface area contributed by atoms with Crippen LogP contribution in [-0.4, -0.2) is 27.6 Å². The molecule has 0 aromatic heterocycles.